The van der Waals surface area contributed by atoms with Crippen molar-refractivity contribution >= 4 is 26.8 Å². The number of carboxylic acids is 1. The van der Waals surface area contributed by atoms with Gasteiger partial charge in [-0.15, -0.1) is 0 Å². The molecule has 0 radical (unpaired) electrons. The topological polar surface area (TPSA) is 86.3 Å². The summed E-state index contributed by atoms with van der Waals surface area (Å²) in [5, 5.41) is 12.5. The first-order chi connectivity index (χ1) is 9.44. The molecule has 0 bridgehead atoms. The Morgan fingerprint density at radius 2 is 1.85 bits per heavy atom. The summed E-state index contributed by atoms with van der Waals surface area (Å²) < 4.78 is 26.4. The average Bonchev–Trinajstić information content (AvgIpc) is 2.44. The number of hydrogen-bond donors (Lipinski definition) is 1. The first kappa shape index (κ1) is 14.5. The maximum atomic E-state index is 12.1. The van der Waals surface area contributed by atoms with Crippen LogP contribution < -0.4 is 9.83 Å². The summed E-state index contributed by atoms with van der Waals surface area (Å²) >= 11 is 0. The molecule has 0 saturated carbocycles. The van der Waals surface area contributed by atoms with E-state index in [9.17, 15) is 18.3 Å². The number of benzene rings is 2. The Bertz CT molecular complexity index is 740. The molecule has 1 atom stereocenters. The van der Waals surface area contributed by atoms with Crippen molar-refractivity contribution in [1.82, 2.24) is 4.72 Å². The molecule has 5 nitrogen and oxygen atoms in total. The third-order valence-electron chi connectivity index (χ3n) is 3.02. The molecule has 0 amide bonds. The fraction of sp³-hybridized carbons (Fsp3) is 0.214. The van der Waals surface area contributed by atoms with Crippen LogP contribution in [0.4, 0.5) is 0 Å². The van der Waals surface area contributed by atoms with Crippen LogP contribution >= 0.6 is 0 Å². The molecule has 0 aliphatic carbocycles. The summed E-state index contributed by atoms with van der Waals surface area (Å²) in [6, 6.07) is 10.8. The molecule has 0 unspecified atom stereocenters. The number of fused-ring (bicyclic) bond motifs is 1. The maximum Gasteiger partial charge on any atom is 0.241 e. The lowest BCUT2D eigenvalue weighted by atomic mass is 10.1. The van der Waals surface area contributed by atoms with Crippen molar-refractivity contribution in [3.8, 4) is 0 Å². The monoisotopic (exact) mass is 292 g/mol. The molecule has 0 fully saturated rings. The first-order valence-electron chi connectivity index (χ1n) is 6.16. The minimum Gasteiger partial charge on any atom is -0.548 e. The molecule has 20 heavy (non-hydrogen) atoms. The number of carbonyl (C=O) groups excluding carboxylic acids is 1. The van der Waals surface area contributed by atoms with Gasteiger partial charge in [0.15, 0.2) is 0 Å². The van der Waals surface area contributed by atoms with Gasteiger partial charge >= 0.3 is 0 Å². The van der Waals surface area contributed by atoms with Crippen LogP contribution in [0.3, 0.4) is 0 Å². The van der Waals surface area contributed by atoms with Gasteiger partial charge in [0, 0.05) is 0 Å². The van der Waals surface area contributed by atoms with E-state index in [-0.39, 0.29) is 11.3 Å². The maximum absolute atomic E-state index is 12.1. The number of aliphatic carboxylic acids is 1. The first-order valence-corrected chi connectivity index (χ1v) is 7.64. The summed E-state index contributed by atoms with van der Waals surface area (Å²) in [5.74, 6) is -1.43. The van der Waals surface area contributed by atoms with E-state index in [1.807, 2.05) is 18.2 Å². The molecule has 0 aliphatic rings. The summed E-state index contributed by atoms with van der Waals surface area (Å²) in [6.07, 6.45) is 0.120. The summed E-state index contributed by atoms with van der Waals surface area (Å²) in [4.78, 5) is 10.9. The Balaban J connectivity index is 2.38. The lowest BCUT2D eigenvalue weighted by molar-refractivity contribution is -0.308. The third kappa shape index (κ3) is 2.97. The minimum absolute atomic E-state index is 0.0379. The summed E-state index contributed by atoms with van der Waals surface area (Å²) in [5.41, 5.74) is 0. The Kier molecular flexibility index (Phi) is 4.06. The van der Waals surface area contributed by atoms with Crippen molar-refractivity contribution in [1.29, 1.82) is 0 Å². The molecular formula is C14H14NO4S-. The molecule has 2 aromatic carbocycles. The highest BCUT2D eigenvalue weighted by molar-refractivity contribution is 7.89. The van der Waals surface area contributed by atoms with Gasteiger partial charge in [0.25, 0.3) is 0 Å². The normalized spacial score (nSPS) is 13.2. The standard InChI is InChI=1S/C14H15NO4S/c1-2-13(14(16)17)15-20(18,19)12-8-7-10-5-3-4-6-11(10)9-12/h3-9,13,15H,2H2,1H3,(H,16,17)/p-1/t13-/m1/s1. The lowest BCUT2D eigenvalue weighted by Crippen LogP contribution is -2.47. The predicted octanol–water partition coefficient (Wildman–Crippen LogP) is 0.647. The van der Waals surface area contributed by atoms with Gasteiger partial charge < -0.3 is 9.90 Å². The molecule has 6 heteroatoms. The lowest BCUT2D eigenvalue weighted by Gasteiger charge is -2.18. The zero-order valence-corrected chi connectivity index (χ0v) is 11.7. The summed E-state index contributed by atoms with van der Waals surface area (Å²) in [6.45, 7) is 1.57. The number of carbonyl (C=O) groups is 1. The second-order valence-corrected chi connectivity index (χ2v) is 6.12. The molecule has 0 heterocycles. The fourth-order valence-corrected chi connectivity index (χ4v) is 3.19. The predicted molar refractivity (Wildman–Crippen MR) is 73.4 cm³/mol. The molecule has 1 N–H and O–H groups in total. The molecule has 0 saturated heterocycles. The minimum atomic E-state index is -3.88. The highest BCUT2D eigenvalue weighted by Crippen LogP contribution is 2.19. The van der Waals surface area contributed by atoms with E-state index in [1.165, 1.54) is 12.1 Å². The Labute approximate surface area is 117 Å². The smallest absolute Gasteiger partial charge is 0.241 e. The average molecular weight is 292 g/mol. The van der Waals surface area contributed by atoms with Gasteiger partial charge in [0.2, 0.25) is 10.0 Å². The van der Waals surface area contributed by atoms with Crippen molar-refractivity contribution in [2.45, 2.75) is 24.3 Å². The van der Waals surface area contributed by atoms with Crippen molar-refractivity contribution in [3.63, 3.8) is 0 Å². The third-order valence-corrected chi connectivity index (χ3v) is 4.49. The van der Waals surface area contributed by atoms with Gasteiger partial charge in [-0.1, -0.05) is 37.3 Å². The van der Waals surface area contributed by atoms with Gasteiger partial charge in [-0.3, -0.25) is 0 Å². The zero-order valence-electron chi connectivity index (χ0n) is 10.9. The van der Waals surface area contributed by atoms with Gasteiger partial charge in [-0.05, 0) is 29.3 Å². The van der Waals surface area contributed by atoms with Gasteiger partial charge in [-0.25, -0.2) is 13.1 Å². The van der Waals surface area contributed by atoms with E-state index in [0.717, 1.165) is 10.8 Å². The van der Waals surface area contributed by atoms with Crippen LogP contribution in [0, 0.1) is 0 Å². The van der Waals surface area contributed by atoms with E-state index < -0.39 is 22.0 Å². The van der Waals surface area contributed by atoms with E-state index in [4.69, 9.17) is 0 Å². The van der Waals surface area contributed by atoms with Crippen LogP contribution in [0.25, 0.3) is 10.8 Å². The molecule has 0 aliphatic heterocycles. The number of rotatable bonds is 5. The number of sulfonamides is 1. The highest BCUT2D eigenvalue weighted by Gasteiger charge is 2.19. The molecule has 2 rings (SSSR count). The van der Waals surface area contributed by atoms with E-state index in [0.29, 0.717) is 0 Å². The zero-order chi connectivity index (χ0) is 14.8. The van der Waals surface area contributed by atoms with Crippen molar-refractivity contribution < 1.29 is 18.3 Å². The van der Waals surface area contributed by atoms with E-state index in [2.05, 4.69) is 4.72 Å². The van der Waals surface area contributed by atoms with Crippen LogP contribution in [-0.4, -0.2) is 20.4 Å². The number of carboxylic acid groups (broad SMARTS) is 1. The van der Waals surface area contributed by atoms with Gasteiger partial charge in [0.1, 0.15) is 0 Å². The van der Waals surface area contributed by atoms with Crippen LogP contribution in [0.5, 0.6) is 0 Å². The Hall–Kier alpha value is -1.92. The molecular weight excluding hydrogens is 278 g/mol. The number of nitrogens with one attached hydrogen (secondary N) is 1. The van der Waals surface area contributed by atoms with Crippen molar-refractivity contribution in [3.05, 3.63) is 42.5 Å². The van der Waals surface area contributed by atoms with Crippen LogP contribution in [0.1, 0.15) is 13.3 Å². The second-order valence-electron chi connectivity index (χ2n) is 4.41. The van der Waals surface area contributed by atoms with E-state index in [1.54, 1.807) is 19.1 Å². The van der Waals surface area contributed by atoms with E-state index >= 15 is 0 Å². The second kappa shape index (κ2) is 5.60. The SMILES string of the molecule is CC[C@@H](NS(=O)(=O)c1ccc2ccccc2c1)C(=O)[O-]. The van der Waals surface area contributed by atoms with Gasteiger partial charge in [-0.2, -0.15) is 0 Å². The fourth-order valence-electron chi connectivity index (χ4n) is 1.89. The summed E-state index contributed by atoms with van der Waals surface area (Å²) in [7, 11) is -3.88. The van der Waals surface area contributed by atoms with Gasteiger partial charge in [0.05, 0.1) is 16.9 Å². The number of hydrogen-bond acceptors (Lipinski definition) is 4. The Morgan fingerprint density at radius 3 is 2.45 bits per heavy atom. The largest absolute Gasteiger partial charge is 0.548 e. The van der Waals surface area contributed by atoms with Crippen molar-refractivity contribution in [2.24, 2.45) is 0 Å². The van der Waals surface area contributed by atoms with Crippen LogP contribution in [-0.2, 0) is 14.8 Å². The highest BCUT2D eigenvalue weighted by atomic mass is 32.2. The van der Waals surface area contributed by atoms with Crippen LogP contribution in [0.15, 0.2) is 47.4 Å². The molecule has 106 valence electrons. The van der Waals surface area contributed by atoms with Crippen LogP contribution in [0.2, 0.25) is 0 Å². The molecule has 0 spiro atoms. The molecule has 2 aromatic rings. The van der Waals surface area contributed by atoms with Crippen molar-refractivity contribution in [2.75, 3.05) is 0 Å². The molecule has 0 aromatic heterocycles. The Morgan fingerprint density at radius 1 is 1.20 bits per heavy atom. The quantitative estimate of drug-likeness (QED) is 0.876.